The largest absolute Gasteiger partial charge is 0.469 e. The predicted octanol–water partition coefficient (Wildman–Crippen LogP) is 5.44. The minimum atomic E-state index is -0.197. The van der Waals surface area contributed by atoms with Crippen molar-refractivity contribution >= 4 is 34.4 Å². The molecule has 0 aromatic rings. The lowest BCUT2D eigenvalue weighted by Gasteiger charge is -2.09. The van der Waals surface area contributed by atoms with Crippen molar-refractivity contribution in [3.05, 3.63) is 60.8 Å². The van der Waals surface area contributed by atoms with Gasteiger partial charge in [-0.05, 0) is 25.7 Å². The van der Waals surface area contributed by atoms with Gasteiger partial charge in [-0.3, -0.25) is 4.79 Å². The van der Waals surface area contributed by atoms with Crippen molar-refractivity contribution in [1.29, 1.82) is 0 Å². The van der Waals surface area contributed by atoms with Gasteiger partial charge in [-0.2, -0.15) is 0 Å². The van der Waals surface area contributed by atoms with Crippen LogP contribution in [-0.2, 0) is 23.1 Å². The summed E-state index contributed by atoms with van der Waals surface area (Å²) in [6, 6.07) is 0. The highest BCUT2D eigenvalue weighted by Crippen LogP contribution is 2.11. The summed E-state index contributed by atoms with van der Waals surface area (Å²) in [6.45, 7) is 2.08. The van der Waals surface area contributed by atoms with E-state index in [1.807, 2.05) is 54.7 Å². The number of rotatable bonds is 16. The Bertz CT molecular complexity index is 555. The van der Waals surface area contributed by atoms with E-state index in [0.29, 0.717) is 6.42 Å². The highest BCUT2D eigenvalue weighted by molar-refractivity contribution is 7.10. The lowest BCUT2D eigenvalue weighted by atomic mass is 10.1. The van der Waals surface area contributed by atoms with Crippen LogP contribution in [-0.4, -0.2) is 31.4 Å². The molecule has 29 heavy (non-hydrogen) atoms. The van der Waals surface area contributed by atoms with Crippen LogP contribution in [0.15, 0.2) is 60.8 Å². The first-order chi connectivity index (χ1) is 14.1. The first-order valence-corrected chi connectivity index (χ1v) is 11.0. The number of hydrogen-bond donors (Lipinski definition) is 0. The molecule has 0 amide bonds. The van der Waals surface area contributed by atoms with Gasteiger partial charge >= 0.3 is 5.97 Å². The fourth-order valence-corrected chi connectivity index (χ4v) is 2.91. The molecule has 0 aromatic carbocycles. The standard InChI is InChI=1S/C21H35O5P3/c1-3-18(24-27)12-9-6-10-15-19(25-28)13-7-4-5-8-14-20(26-29)16-11-17-21(22)23-2/h4-10,12-14,18-20H,3,11,15-17,27-29H2,1-2H3/b5-4+,10-6+,12-9+,13-7+,14-8+. The Morgan fingerprint density at radius 2 is 1.38 bits per heavy atom. The van der Waals surface area contributed by atoms with Crippen LogP contribution >= 0.6 is 28.4 Å². The Hall–Kier alpha value is -0.660. The Kier molecular flexibility index (Phi) is 20.1. The van der Waals surface area contributed by atoms with Gasteiger partial charge in [0, 0.05) is 34.8 Å². The van der Waals surface area contributed by atoms with E-state index in [0.717, 1.165) is 25.7 Å². The van der Waals surface area contributed by atoms with E-state index in [-0.39, 0.29) is 24.3 Å². The van der Waals surface area contributed by atoms with Crippen LogP contribution in [0.4, 0.5) is 0 Å². The highest BCUT2D eigenvalue weighted by atomic mass is 31.0. The first-order valence-electron chi connectivity index (χ1n) is 9.59. The van der Waals surface area contributed by atoms with Crippen LogP contribution < -0.4 is 0 Å². The summed E-state index contributed by atoms with van der Waals surface area (Å²) >= 11 is 0. The SMILES string of the molecule is CCC(/C=C/C=C/CC(/C=C/C=C/C=C/C(CCCC(=O)OC)OP)OP)OP. The zero-order valence-corrected chi connectivity index (χ0v) is 20.8. The molecule has 0 saturated heterocycles. The number of allylic oxidation sites excluding steroid dienone is 6. The van der Waals surface area contributed by atoms with Gasteiger partial charge in [0.15, 0.2) is 0 Å². The molecule has 0 aliphatic carbocycles. The molecule has 0 N–H and O–H groups in total. The zero-order valence-electron chi connectivity index (χ0n) is 17.3. The lowest BCUT2D eigenvalue weighted by Crippen LogP contribution is -2.06. The van der Waals surface area contributed by atoms with Crippen molar-refractivity contribution < 1.29 is 23.1 Å². The minimum Gasteiger partial charge on any atom is -0.469 e. The second-order valence-corrected chi connectivity index (χ2v) is 6.92. The molecule has 0 spiro atoms. The summed E-state index contributed by atoms with van der Waals surface area (Å²) < 4.78 is 20.5. The molecule has 5 nitrogen and oxygen atoms in total. The molecule has 0 aliphatic rings. The lowest BCUT2D eigenvalue weighted by molar-refractivity contribution is -0.140. The second-order valence-electron chi connectivity index (χ2n) is 6.10. The second kappa shape index (κ2) is 20.6. The van der Waals surface area contributed by atoms with E-state index in [1.165, 1.54) is 7.11 Å². The maximum absolute atomic E-state index is 11.1. The number of methoxy groups -OCH3 is 1. The van der Waals surface area contributed by atoms with Crippen LogP contribution in [0.2, 0.25) is 0 Å². The minimum absolute atomic E-state index is 0.0142. The fourth-order valence-electron chi connectivity index (χ4n) is 2.20. The van der Waals surface area contributed by atoms with Gasteiger partial charge in [0.25, 0.3) is 0 Å². The van der Waals surface area contributed by atoms with Gasteiger partial charge in [-0.25, -0.2) is 0 Å². The van der Waals surface area contributed by atoms with E-state index < -0.39 is 0 Å². The molecule has 0 saturated carbocycles. The van der Waals surface area contributed by atoms with Crippen LogP contribution in [0.1, 0.15) is 39.0 Å². The van der Waals surface area contributed by atoms with E-state index in [1.54, 1.807) is 0 Å². The molecule has 0 rings (SSSR count). The molecule has 6 atom stereocenters. The zero-order chi connectivity index (χ0) is 21.7. The molecule has 0 bridgehead atoms. The molecular formula is C21H35O5P3. The average Bonchev–Trinajstić information content (AvgIpc) is 2.75. The van der Waals surface area contributed by atoms with Crippen molar-refractivity contribution in [1.82, 2.24) is 0 Å². The summed E-state index contributed by atoms with van der Waals surface area (Å²) in [5, 5.41) is 0. The number of hydrogen-bond acceptors (Lipinski definition) is 5. The van der Waals surface area contributed by atoms with E-state index in [9.17, 15) is 4.79 Å². The normalized spacial score (nSPS) is 15.9. The van der Waals surface area contributed by atoms with Crippen molar-refractivity contribution in [2.24, 2.45) is 0 Å². The third-order valence-electron chi connectivity index (χ3n) is 3.95. The van der Waals surface area contributed by atoms with Gasteiger partial charge in [0.05, 0.1) is 25.4 Å². The summed E-state index contributed by atoms with van der Waals surface area (Å²) in [6.07, 6.45) is 23.4. The van der Waals surface area contributed by atoms with Gasteiger partial charge in [0.2, 0.25) is 0 Å². The first kappa shape index (κ1) is 28.3. The molecule has 0 aromatic heterocycles. The van der Waals surface area contributed by atoms with E-state index >= 15 is 0 Å². The van der Waals surface area contributed by atoms with Gasteiger partial charge in [-0.1, -0.05) is 67.7 Å². The Balaban J connectivity index is 4.28. The fraction of sp³-hybridized carbons (Fsp3) is 0.476. The molecule has 0 fully saturated rings. The van der Waals surface area contributed by atoms with Crippen LogP contribution in [0.25, 0.3) is 0 Å². The molecular weight excluding hydrogens is 425 g/mol. The van der Waals surface area contributed by atoms with Crippen LogP contribution in [0.3, 0.4) is 0 Å². The predicted molar refractivity (Wildman–Crippen MR) is 130 cm³/mol. The van der Waals surface area contributed by atoms with Crippen molar-refractivity contribution in [3.63, 3.8) is 0 Å². The Morgan fingerprint density at radius 1 is 0.828 bits per heavy atom. The van der Waals surface area contributed by atoms with E-state index in [4.69, 9.17) is 13.6 Å². The maximum atomic E-state index is 11.1. The van der Waals surface area contributed by atoms with Gasteiger partial charge < -0.3 is 18.3 Å². The van der Waals surface area contributed by atoms with Gasteiger partial charge in [-0.15, -0.1) is 0 Å². The summed E-state index contributed by atoms with van der Waals surface area (Å²) in [5.41, 5.74) is 0. The number of esters is 1. The number of carbonyl (C=O) groups is 1. The topological polar surface area (TPSA) is 54.0 Å². The van der Waals surface area contributed by atoms with Crippen LogP contribution in [0.5, 0.6) is 0 Å². The summed E-state index contributed by atoms with van der Waals surface area (Å²) in [4.78, 5) is 11.1. The van der Waals surface area contributed by atoms with Crippen LogP contribution in [0, 0.1) is 0 Å². The molecule has 0 aliphatic heterocycles. The quantitative estimate of drug-likeness (QED) is 0.175. The molecule has 0 heterocycles. The van der Waals surface area contributed by atoms with Crippen molar-refractivity contribution in [2.75, 3.05) is 7.11 Å². The molecule has 164 valence electrons. The maximum Gasteiger partial charge on any atom is 0.305 e. The monoisotopic (exact) mass is 460 g/mol. The summed E-state index contributed by atoms with van der Waals surface area (Å²) in [5.74, 6) is -0.197. The highest BCUT2D eigenvalue weighted by Gasteiger charge is 2.05. The number of ether oxygens (including phenoxy) is 1. The third kappa shape index (κ3) is 16.8. The molecule has 8 heteroatoms. The van der Waals surface area contributed by atoms with E-state index in [2.05, 4.69) is 46.1 Å². The number of carbonyl (C=O) groups excluding carboxylic acids is 1. The average molecular weight is 460 g/mol. The molecule has 0 radical (unpaired) electrons. The summed E-state index contributed by atoms with van der Waals surface area (Å²) in [7, 11) is 8.26. The Morgan fingerprint density at radius 3 is 1.93 bits per heavy atom. The molecule has 6 unspecified atom stereocenters. The Labute approximate surface area is 182 Å². The third-order valence-corrected chi connectivity index (χ3v) is 5.00. The van der Waals surface area contributed by atoms with Crippen molar-refractivity contribution in [3.8, 4) is 0 Å². The smallest absolute Gasteiger partial charge is 0.305 e. The van der Waals surface area contributed by atoms with Gasteiger partial charge in [0.1, 0.15) is 0 Å². The van der Waals surface area contributed by atoms with Crippen molar-refractivity contribution in [2.45, 2.75) is 57.3 Å².